The number of nitrogens with zero attached hydrogens (tertiary/aromatic N) is 1. The minimum absolute atomic E-state index is 0.0346. The molecule has 0 saturated heterocycles. The van der Waals surface area contributed by atoms with Gasteiger partial charge in [-0.25, -0.2) is 0 Å². The first-order valence-corrected chi connectivity index (χ1v) is 6.45. The van der Waals surface area contributed by atoms with Crippen molar-refractivity contribution < 1.29 is 0 Å². The molecule has 2 nitrogen and oxygen atoms in total. The van der Waals surface area contributed by atoms with Crippen molar-refractivity contribution in [1.29, 1.82) is 0 Å². The van der Waals surface area contributed by atoms with E-state index in [1.54, 1.807) is 5.57 Å². The Hall–Kier alpha value is -0.340. The van der Waals surface area contributed by atoms with Gasteiger partial charge in [0.1, 0.15) is 0 Å². The molecule has 1 atom stereocenters. The van der Waals surface area contributed by atoms with Crippen LogP contribution in [0.3, 0.4) is 0 Å². The quantitative estimate of drug-likeness (QED) is 0.747. The summed E-state index contributed by atoms with van der Waals surface area (Å²) in [6.07, 6.45) is 4.64. The lowest BCUT2D eigenvalue weighted by Crippen LogP contribution is -2.48. The second-order valence-corrected chi connectivity index (χ2v) is 6.47. The summed E-state index contributed by atoms with van der Waals surface area (Å²) < 4.78 is 0. The molecule has 0 aromatic rings. The zero-order valence-corrected chi connectivity index (χ0v) is 11.6. The highest BCUT2D eigenvalue weighted by Crippen LogP contribution is 2.30. The maximum atomic E-state index is 6.20. The zero-order valence-electron chi connectivity index (χ0n) is 11.6. The van der Waals surface area contributed by atoms with Crippen LogP contribution in [0.15, 0.2) is 11.6 Å². The van der Waals surface area contributed by atoms with E-state index in [0.29, 0.717) is 5.41 Å². The molecule has 0 aromatic carbocycles. The van der Waals surface area contributed by atoms with Crippen molar-refractivity contribution in [1.82, 2.24) is 4.90 Å². The Bertz CT molecular complexity index is 258. The van der Waals surface area contributed by atoms with Crippen LogP contribution in [0, 0.1) is 5.41 Å². The lowest BCUT2D eigenvalue weighted by Gasteiger charge is -2.36. The molecule has 0 aromatic heterocycles. The van der Waals surface area contributed by atoms with Gasteiger partial charge in [-0.2, -0.15) is 0 Å². The first-order chi connectivity index (χ1) is 7.24. The van der Waals surface area contributed by atoms with E-state index in [2.05, 4.69) is 45.6 Å². The predicted molar refractivity (Wildman–Crippen MR) is 71.5 cm³/mol. The third-order valence-corrected chi connectivity index (χ3v) is 3.65. The Morgan fingerprint density at radius 1 is 1.31 bits per heavy atom. The van der Waals surface area contributed by atoms with Gasteiger partial charge < -0.3 is 5.73 Å². The molecule has 0 saturated carbocycles. The van der Waals surface area contributed by atoms with Gasteiger partial charge in [0.05, 0.1) is 0 Å². The molecule has 0 fully saturated rings. The van der Waals surface area contributed by atoms with Crippen molar-refractivity contribution in [3.8, 4) is 0 Å². The number of nitrogens with two attached hydrogens (primary N) is 1. The van der Waals surface area contributed by atoms with Crippen LogP contribution in [0.1, 0.15) is 47.5 Å². The Morgan fingerprint density at radius 3 is 2.31 bits per heavy atom. The SMILES string of the molecule is CCC(C)(N)CN1CC=C(C(C)(C)C)CC1. The second-order valence-electron chi connectivity index (χ2n) is 6.47. The summed E-state index contributed by atoms with van der Waals surface area (Å²) in [7, 11) is 0. The van der Waals surface area contributed by atoms with Crippen LogP contribution in [-0.4, -0.2) is 30.1 Å². The molecule has 1 rings (SSSR count). The molecule has 0 amide bonds. The fraction of sp³-hybridized carbons (Fsp3) is 0.857. The summed E-state index contributed by atoms with van der Waals surface area (Å²) in [5.41, 5.74) is 8.10. The molecule has 0 radical (unpaired) electrons. The standard InChI is InChI=1S/C14H28N2/c1-6-14(5,15)11-16-9-7-12(8-10-16)13(2,3)4/h7H,6,8-11,15H2,1-5H3. The molecule has 94 valence electrons. The minimum Gasteiger partial charge on any atom is -0.324 e. The van der Waals surface area contributed by atoms with Crippen LogP contribution in [0.4, 0.5) is 0 Å². The van der Waals surface area contributed by atoms with E-state index in [0.717, 1.165) is 26.1 Å². The summed E-state index contributed by atoms with van der Waals surface area (Å²) >= 11 is 0. The number of rotatable bonds is 3. The minimum atomic E-state index is -0.0346. The molecule has 1 aliphatic rings. The van der Waals surface area contributed by atoms with Crippen molar-refractivity contribution >= 4 is 0 Å². The van der Waals surface area contributed by atoms with Crippen LogP contribution in [0.25, 0.3) is 0 Å². The maximum Gasteiger partial charge on any atom is 0.0252 e. The van der Waals surface area contributed by atoms with Gasteiger partial charge in [0.15, 0.2) is 0 Å². The lowest BCUT2D eigenvalue weighted by molar-refractivity contribution is 0.219. The largest absolute Gasteiger partial charge is 0.324 e. The summed E-state index contributed by atoms with van der Waals surface area (Å²) in [5.74, 6) is 0. The average molecular weight is 224 g/mol. The highest BCUT2D eigenvalue weighted by molar-refractivity contribution is 5.14. The van der Waals surface area contributed by atoms with Gasteiger partial charge in [0.25, 0.3) is 0 Å². The Balaban J connectivity index is 2.52. The smallest absolute Gasteiger partial charge is 0.0252 e. The molecule has 2 heteroatoms. The first-order valence-electron chi connectivity index (χ1n) is 6.45. The summed E-state index contributed by atoms with van der Waals surface area (Å²) in [4.78, 5) is 2.47. The van der Waals surface area contributed by atoms with Gasteiger partial charge in [-0.1, -0.05) is 39.3 Å². The molecule has 0 bridgehead atoms. The van der Waals surface area contributed by atoms with Crippen molar-refractivity contribution in [2.75, 3.05) is 19.6 Å². The van der Waals surface area contributed by atoms with Crippen LogP contribution in [-0.2, 0) is 0 Å². The highest BCUT2D eigenvalue weighted by atomic mass is 15.1. The Kier molecular flexibility index (Phi) is 4.19. The molecule has 0 aliphatic carbocycles. The van der Waals surface area contributed by atoms with E-state index < -0.39 is 0 Å². The molecule has 16 heavy (non-hydrogen) atoms. The normalized spacial score (nSPS) is 22.8. The Morgan fingerprint density at radius 2 is 1.94 bits per heavy atom. The second kappa shape index (κ2) is 4.89. The fourth-order valence-corrected chi connectivity index (χ4v) is 2.16. The molecule has 1 heterocycles. The topological polar surface area (TPSA) is 29.3 Å². The van der Waals surface area contributed by atoms with Crippen LogP contribution in [0.5, 0.6) is 0 Å². The summed E-state index contributed by atoms with van der Waals surface area (Å²) in [5, 5.41) is 0. The van der Waals surface area contributed by atoms with Crippen molar-refractivity contribution in [2.45, 2.75) is 53.0 Å². The third-order valence-electron chi connectivity index (χ3n) is 3.65. The van der Waals surface area contributed by atoms with Gasteiger partial charge in [-0.05, 0) is 25.2 Å². The Labute approximate surface area is 101 Å². The van der Waals surface area contributed by atoms with E-state index in [-0.39, 0.29) is 5.54 Å². The van der Waals surface area contributed by atoms with Crippen LogP contribution in [0.2, 0.25) is 0 Å². The lowest BCUT2D eigenvalue weighted by atomic mass is 9.82. The molecular weight excluding hydrogens is 196 g/mol. The van der Waals surface area contributed by atoms with E-state index in [1.165, 1.54) is 6.42 Å². The average Bonchev–Trinajstić information content (AvgIpc) is 2.16. The molecule has 2 N–H and O–H groups in total. The van der Waals surface area contributed by atoms with E-state index in [9.17, 15) is 0 Å². The van der Waals surface area contributed by atoms with Crippen LogP contribution >= 0.6 is 0 Å². The van der Waals surface area contributed by atoms with E-state index in [4.69, 9.17) is 5.73 Å². The monoisotopic (exact) mass is 224 g/mol. The van der Waals surface area contributed by atoms with Gasteiger partial charge in [-0.3, -0.25) is 4.90 Å². The molecular formula is C14H28N2. The van der Waals surface area contributed by atoms with Crippen molar-refractivity contribution in [3.63, 3.8) is 0 Å². The summed E-state index contributed by atoms with van der Waals surface area (Å²) in [6, 6.07) is 0. The van der Waals surface area contributed by atoms with E-state index in [1.807, 2.05) is 0 Å². The first kappa shape index (κ1) is 13.7. The maximum absolute atomic E-state index is 6.20. The van der Waals surface area contributed by atoms with Crippen LogP contribution < -0.4 is 5.73 Å². The van der Waals surface area contributed by atoms with Gasteiger partial charge in [-0.15, -0.1) is 0 Å². The summed E-state index contributed by atoms with van der Waals surface area (Å²) in [6.45, 7) is 14.5. The van der Waals surface area contributed by atoms with Gasteiger partial charge >= 0.3 is 0 Å². The highest BCUT2D eigenvalue weighted by Gasteiger charge is 2.24. The molecule has 1 aliphatic heterocycles. The van der Waals surface area contributed by atoms with Gasteiger partial charge in [0, 0.05) is 25.2 Å². The number of hydrogen-bond acceptors (Lipinski definition) is 2. The predicted octanol–water partition coefficient (Wildman–Crippen LogP) is 2.79. The van der Waals surface area contributed by atoms with Gasteiger partial charge in [0.2, 0.25) is 0 Å². The fourth-order valence-electron chi connectivity index (χ4n) is 2.16. The third kappa shape index (κ3) is 3.91. The molecule has 0 spiro atoms. The van der Waals surface area contributed by atoms with Crippen molar-refractivity contribution in [2.24, 2.45) is 11.1 Å². The number of hydrogen-bond donors (Lipinski definition) is 1. The molecule has 1 unspecified atom stereocenters. The zero-order chi connectivity index (χ0) is 12.4. The van der Waals surface area contributed by atoms with E-state index >= 15 is 0 Å². The van der Waals surface area contributed by atoms with Crippen molar-refractivity contribution in [3.05, 3.63) is 11.6 Å².